The zero-order valence-corrected chi connectivity index (χ0v) is 17.0. The maximum absolute atomic E-state index is 12.7. The van der Waals surface area contributed by atoms with Gasteiger partial charge in [-0.3, -0.25) is 14.3 Å². The van der Waals surface area contributed by atoms with Gasteiger partial charge in [0.1, 0.15) is 6.54 Å². The summed E-state index contributed by atoms with van der Waals surface area (Å²) >= 11 is 0. The summed E-state index contributed by atoms with van der Waals surface area (Å²) in [5, 5.41) is 13.2. The van der Waals surface area contributed by atoms with Crippen LogP contribution in [0, 0.1) is 0 Å². The van der Waals surface area contributed by atoms with Crippen molar-refractivity contribution < 1.29 is 22.8 Å². The summed E-state index contributed by atoms with van der Waals surface area (Å²) in [5.41, 5.74) is 0.129. The Balaban J connectivity index is 1.34. The van der Waals surface area contributed by atoms with Gasteiger partial charge in [-0.15, -0.1) is 0 Å². The number of carbonyl (C=O) groups is 2. The lowest BCUT2D eigenvalue weighted by molar-refractivity contribution is -0.141. The monoisotopic (exact) mass is 446 g/mol. The number of anilines is 1. The first kappa shape index (κ1) is 21.6. The van der Waals surface area contributed by atoms with Gasteiger partial charge in [-0.05, 0) is 43.2 Å². The third kappa shape index (κ3) is 5.16. The van der Waals surface area contributed by atoms with Gasteiger partial charge in [-0.2, -0.15) is 23.4 Å². The van der Waals surface area contributed by atoms with Crippen LogP contribution in [0.4, 0.5) is 18.9 Å². The van der Waals surface area contributed by atoms with E-state index in [9.17, 15) is 22.8 Å². The lowest BCUT2D eigenvalue weighted by atomic mass is 10.2. The maximum Gasteiger partial charge on any atom is 0.435 e. The number of alkyl halides is 3. The van der Waals surface area contributed by atoms with Crippen molar-refractivity contribution in [1.82, 2.24) is 24.9 Å². The van der Waals surface area contributed by atoms with Gasteiger partial charge < -0.3 is 10.6 Å². The van der Waals surface area contributed by atoms with Crippen LogP contribution in [-0.4, -0.2) is 37.4 Å². The molecule has 0 unspecified atom stereocenters. The van der Waals surface area contributed by atoms with E-state index < -0.39 is 17.8 Å². The average Bonchev–Trinajstić information content (AvgIpc) is 3.50. The molecular weight excluding hydrogens is 425 g/mol. The average molecular weight is 446 g/mol. The Morgan fingerprint density at radius 3 is 2.47 bits per heavy atom. The van der Waals surface area contributed by atoms with Crippen molar-refractivity contribution >= 4 is 17.5 Å². The summed E-state index contributed by atoms with van der Waals surface area (Å²) in [5.74, 6) is -0.538. The fraction of sp³-hybridized carbons (Fsp3) is 0.333. The molecule has 1 saturated carbocycles. The molecule has 0 spiro atoms. The Hall–Kier alpha value is -3.63. The van der Waals surface area contributed by atoms with Crippen LogP contribution in [0.1, 0.15) is 41.7 Å². The van der Waals surface area contributed by atoms with E-state index in [1.54, 1.807) is 6.20 Å². The Bertz CT molecular complexity index is 1100. The van der Waals surface area contributed by atoms with Crippen LogP contribution in [0.5, 0.6) is 0 Å². The number of hydrogen-bond donors (Lipinski definition) is 2. The molecule has 3 aromatic rings. The van der Waals surface area contributed by atoms with Gasteiger partial charge in [0, 0.05) is 24.0 Å². The van der Waals surface area contributed by atoms with E-state index in [1.807, 2.05) is 0 Å². The van der Waals surface area contributed by atoms with Crippen molar-refractivity contribution in [2.75, 3.05) is 5.32 Å². The lowest BCUT2D eigenvalue weighted by Gasteiger charge is -2.11. The van der Waals surface area contributed by atoms with Crippen LogP contribution in [-0.2, 0) is 17.5 Å². The molecule has 1 fully saturated rings. The quantitative estimate of drug-likeness (QED) is 0.607. The highest BCUT2D eigenvalue weighted by atomic mass is 19.4. The standard InChI is InChI=1S/C21H21F3N6O2/c22-21(23,24)18-9-10-30(28-18)17-7-5-14(6-8-17)20(32)27-16-11-25-29(12-16)13-19(31)26-15-3-1-2-4-15/h5-12,15H,1-4,13H2,(H,26,31)(H,27,32). The Morgan fingerprint density at radius 1 is 1.09 bits per heavy atom. The van der Waals surface area contributed by atoms with Crippen LogP contribution in [0.25, 0.3) is 5.69 Å². The van der Waals surface area contributed by atoms with Gasteiger partial charge in [0.05, 0.1) is 17.6 Å². The molecule has 168 valence electrons. The lowest BCUT2D eigenvalue weighted by Crippen LogP contribution is -2.35. The number of benzene rings is 1. The molecule has 2 aromatic heterocycles. The number of nitrogens with one attached hydrogen (secondary N) is 2. The van der Waals surface area contributed by atoms with E-state index in [0.717, 1.165) is 36.4 Å². The van der Waals surface area contributed by atoms with E-state index in [0.29, 0.717) is 16.9 Å². The number of rotatable bonds is 6. The Kier molecular flexibility index (Phi) is 5.97. The molecule has 32 heavy (non-hydrogen) atoms. The number of hydrogen-bond acceptors (Lipinski definition) is 4. The fourth-order valence-electron chi connectivity index (χ4n) is 3.59. The maximum atomic E-state index is 12.7. The predicted molar refractivity (Wildman–Crippen MR) is 109 cm³/mol. The molecule has 0 atom stereocenters. The minimum atomic E-state index is -4.52. The molecule has 0 saturated heterocycles. The van der Waals surface area contributed by atoms with Crippen molar-refractivity contribution in [1.29, 1.82) is 0 Å². The van der Waals surface area contributed by atoms with Gasteiger partial charge in [-0.1, -0.05) is 12.8 Å². The third-order valence-electron chi connectivity index (χ3n) is 5.19. The second-order valence-electron chi connectivity index (χ2n) is 7.62. The zero-order valence-electron chi connectivity index (χ0n) is 17.0. The first-order chi connectivity index (χ1) is 15.3. The summed E-state index contributed by atoms with van der Waals surface area (Å²) in [7, 11) is 0. The molecule has 1 aliphatic carbocycles. The number of nitrogens with zero attached hydrogens (tertiary/aromatic N) is 4. The molecule has 0 radical (unpaired) electrons. The van der Waals surface area contributed by atoms with Crippen LogP contribution >= 0.6 is 0 Å². The van der Waals surface area contributed by atoms with Crippen molar-refractivity contribution in [3.63, 3.8) is 0 Å². The van der Waals surface area contributed by atoms with Crippen molar-refractivity contribution in [3.8, 4) is 5.69 Å². The molecule has 2 amide bonds. The zero-order chi connectivity index (χ0) is 22.7. The van der Waals surface area contributed by atoms with E-state index >= 15 is 0 Å². The van der Waals surface area contributed by atoms with E-state index in [2.05, 4.69) is 20.8 Å². The molecule has 11 heteroatoms. The fourth-order valence-corrected chi connectivity index (χ4v) is 3.59. The topological polar surface area (TPSA) is 93.8 Å². The minimum Gasteiger partial charge on any atom is -0.352 e. The summed E-state index contributed by atoms with van der Waals surface area (Å²) in [6.07, 6.45) is 3.92. The van der Waals surface area contributed by atoms with Crippen molar-refractivity contribution in [2.45, 2.75) is 44.4 Å². The predicted octanol–water partition coefficient (Wildman–Crippen LogP) is 3.40. The van der Waals surface area contributed by atoms with Crippen LogP contribution in [0.15, 0.2) is 48.9 Å². The summed E-state index contributed by atoms with van der Waals surface area (Å²) in [4.78, 5) is 24.6. The number of halogens is 3. The van der Waals surface area contributed by atoms with E-state index in [-0.39, 0.29) is 18.5 Å². The first-order valence-corrected chi connectivity index (χ1v) is 10.1. The van der Waals surface area contributed by atoms with Gasteiger partial charge in [0.25, 0.3) is 5.91 Å². The third-order valence-corrected chi connectivity index (χ3v) is 5.19. The molecule has 8 nitrogen and oxygen atoms in total. The molecule has 0 aliphatic heterocycles. The summed E-state index contributed by atoms with van der Waals surface area (Å²) in [6, 6.07) is 7.07. The molecule has 1 aliphatic rings. The molecule has 2 heterocycles. The van der Waals surface area contributed by atoms with Crippen molar-refractivity contribution in [2.24, 2.45) is 0 Å². The van der Waals surface area contributed by atoms with Gasteiger partial charge in [-0.25, -0.2) is 4.68 Å². The Labute approximate surface area is 181 Å². The smallest absolute Gasteiger partial charge is 0.352 e. The highest BCUT2D eigenvalue weighted by Gasteiger charge is 2.33. The SMILES string of the molecule is O=C(Cn1cc(NC(=O)c2ccc(-n3ccc(C(F)(F)F)n3)cc2)cn1)NC1CCCC1. The number of amides is 2. The highest BCUT2D eigenvalue weighted by molar-refractivity contribution is 6.04. The van der Waals surface area contributed by atoms with Gasteiger partial charge >= 0.3 is 6.18 Å². The molecule has 2 N–H and O–H groups in total. The summed E-state index contributed by atoms with van der Waals surface area (Å²) < 4.78 is 40.6. The molecule has 0 bridgehead atoms. The summed E-state index contributed by atoms with van der Waals surface area (Å²) in [6.45, 7) is 0.0604. The first-order valence-electron chi connectivity index (χ1n) is 10.1. The van der Waals surface area contributed by atoms with E-state index in [4.69, 9.17) is 0 Å². The largest absolute Gasteiger partial charge is 0.435 e. The van der Waals surface area contributed by atoms with Gasteiger partial charge in [0.2, 0.25) is 5.91 Å². The molecular formula is C21H21F3N6O2. The van der Waals surface area contributed by atoms with Crippen LogP contribution in [0.2, 0.25) is 0 Å². The number of aromatic nitrogens is 4. The number of carbonyl (C=O) groups excluding carboxylic acids is 2. The van der Waals surface area contributed by atoms with Crippen molar-refractivity contribution in [3.05, 3.63) is 60.2 Å². The second kappa shape index (κ2) is 8.85. The molecule has 4 rings (SSSR count). The van der Waals surface area contributed by atoms with E-state index in [1.165, 1.54) is 41.3 Å². The minimum absolute atomic E-state index is 0.0604. The van der Waals surface area contributed by atoms with Gasteiger partial charge in [0.15, 0.2) is 5.69 Å². The Morgan fingerprint density at radius 2 is 1.81 bits per heavy atom. The highest BCUT2D eigenvalue weighted by Crippen LogP contribution is 2.28. The second-order valence-corrected chi connectivity index (χ2v) is 7.62. The molecule has 1 aromatic carbocycles. The van der Waals surface area contributed by atoms with Crippen LogP contribution in [0.3, 0.4) is 0 Å². The van der Waals surface area contributed by atoms with Crippen LogP contribution < -0.4 is 10.6 Å². The normalized spacial score (nSPS) is 14.5.